The van der Waals surface area contributed by atoms with Gasteiger partial charge in [0.1, 0.15) is 33.6 Å². The van der Waals surface area contributed by atoms with Gasteiger partial charge in [-0.05, 0) is 49.8 Å². The first kappa shape index (κ1) is 25.0. The first-order valence-corrected chi connectivity index (χ1v) is 11.9. The molecule has 2 aromatic rings. The van der Waals surface area contributed by atoms with E-state index in [1.165, 1.54) is 6.20 Å². The Morgan fingerprint density at radius 1 is 1.25 bits per heavy atom. The number of aryl methyl sites for hydroxylation is 2. The van der Waals surface area contributed by atoms with Crippen molar-refractivity contribution in [3.63, 3.8) is 0 Å². The van der Waals surface area contributed by atoms with Crippen molar-refractivity contribution in [2.45, 2.75) is 60.1 Å². The summed E-state index contributed by atoms with van der Waals surface area (Å²) in [4.78, 5) is 15.2. The van der Waals surface area contributed by atoms with E-state index in [-0.39, 0.29) is 0 Å². The summed E-state index contributed by atoms with van der Waals surface area (Å²) < 4.78 is 11.2. The number of hydrogen-bond acceptors (Lipinski definition) is 6. The first-order valence-electron chi connectivity index (χ1n) is 9.83. The average molecular weight is 468 g/mol. The van der Waals surface area contributed by atoms with Gasteiger partial charge in [0.25, 0.3) is 0 Å². The molecule has 0 aliphatic heterocycles. The molecule has 2 aliphatic carbocycles. The minimum Gasteiger partial charge on any atom is -0.395 e. The molecule has 1 aromatic carbocycles. The van der Waals surface area contributed by atoms with E-state index in [2.05, 4.69) is 10.3 Å². The molecule has 2 aliphatic rings. The predicted molar refractivity (Wildman–Crippen MR) is 127 cm³/mol. The van der Waals surface area contributed by atoms with Gasteiger partial charge in [0.2, 0.25) is 0 Å². The SMILES string of the molecule is CC(C)(O)c1ncc(S(N)=O)s1.[B]C1([B])CCc2cc3c(c(NC(N)=O)c21)C([B])(O)CC3. The summed E-state index contributed by atoms with van der Waals surface area (Å²) in [5, 5.41) is 27.0. The Balaban J connectivity index is 0.000000207. The van der Waals surface area contributed by atoms with Crippen molar-refractivity contribution >= 4 is 57.6 Å². The second kappa shape index (κ2) is 8.60. The quantitative estimate of drug-likeness (QED) is 0.409. The largest absolute Gasteiger partial charge is 0.395 e. The van der Waals surface area contributed by atoms with E-state index >= 15 is 0 Å². The average Bonchev–Trinajstić information content (AvgIpc) is 3.32. The lowest BCUT2D eigenvalue weighted by Gasteiger charge is -2.29. The maximum atomic E-state index is 11.3. The van der Waals surface area contributed by atoms with Crippen LogP contribution in [0.1, 0.15) is 54.0 Å². The van der Waals surface area contributed by atoms with Gasteiger partial charge in [0, 0.05) is 5.56 Å². The maximum Gasteiger partial charge on any atom is 0.316 e. The zero-order chi connectivity index (χ0) is 24.1. The highest BCUT2D eigenvalue weighted by Gasteiger charge is 2.40. The van der Waals surface area contributed by atoms with Crippen LogP contribution in [0.25, 0.3) is 0 Å². The highest BCUT2D eigenvalue weighted by atomic mass is 32.2. The number of hydrogen-bond donors (Lipinski definition) is 5. The minimum atomic E-state index is -1.50. The fourth-order valence-corrected chi connectivity index (χ4v) is 5.39. The first-order chi connectivity index (χ1) is 14.6. The van der Waals surface area contributed by atoms with E-state index in [1.54, 1.807) is 13.8 Å². The van der Waals surface area contributed by atoms with Crippen LogP contribution < -0.4 is 16.2 Å². The topological polar surface area (TPSA) is 152 Å². The number of nitrogens with two attached hydrogens (primary N) is 2. The molecule has 0 bridgehead atoms. The van der Waals surface area contributed by atoms with Gasteiger partial charge >= 0.3 is 6.03 Å². The van der Waals surface area contributed by atoms with Crippen LogP contribution in [0.15, 0.2) is 16.5 Å². The summed E-state index contributed by atoms with van der Waals surface area (Å²) in [6, 6.07) is 1.24. The van der Waals surface area contributed by atoms with Gasteiger partial charge in [0.15, 0.2) is 0 Å². The molecule has 0 saturated heterocycles. The molecule has 2 atom stereocenters. The Morgan fingerprint density at radius 3 is 2.34 bits per heavy atom. The number of fused-ring (bicyclic) bond motifs is 2. The number of anilines is 1. The molecule has 0 saturated carbocycles. The van der Waals surface area contributed by atoms with E-state index < -0.39 is 33.3 Å². The lowest BCUT2D eigenvalue weighted by atomic mass is 9.51. The lowest BCUT2D eigenvalue weighted by molar-refractivity contribution is 0.0783. The molecule has 2 amide bonds. The highest BCUT2D eigenvalue weighted by Crippen LogP contribution is 2.48. The van der Waals surface area contributed by atoms with E-state index in [1.807, 2.05) is 6.07 Å². The lowest BCUT2D eigenvalue weighted by Crippen LogP contribution is -2.31. The van der Waals surface area contributed by atoms with Crippen LogP contribution in [0.3, 0.4) is 0 Å². The number of thiazole rings is 1. The number of nitrogens with zero attached hydrogens (tertiary/aromatic N) is 1. The Morgan fingerprint density at radius 2 is 1.84 bits per heavy atom. The van der Waals surface area contributed by atoms with Crippen molar-refractivity contribution in [1.82, 2.24) is 4.98 Å². The van der Waals surface area contributed by atoms with Crippen LogP contribution in [0.4, 0.5) is 10.5 Å². The minimum absolute atomic E-state index is 0.384. The molecule has 8 nitrogen and oxygen atoms in total. The van der Waals surface area contributed by atoms with Crippen molar-refractivity contribution < 1.29 is 19.2 Å². The van der Waals surface area contributed by atoms with E-state index in [9.17, 15) is 19.2 Å². The van der Waals surface area contributed by atoms with Crippen molar-refractivity contribution in [1.29, 1.82) is 0 Å². The molecule has 0 spiro atoms. The van der Waals surface area contributed by atoms with Crippen LogP contribution in [-0.4, -0.2) is 49.0 Å². The normalized spacial score (nSPS) is 21.8. The fourth-order valence-electron chi connectivity index (χ4n) is 4.02. The van der Waals surface area contributed by atoms with Crippen LogP contribution in [-0.2, 0) is 40.1 Å². The molecular formula is C19H23B3N4O4S2. The van der Waals surface area contributed by atoms with E-state index in [0.717, 1.165) is 28.9 Å². The molecule has 164 valence electrons. The van der Waals surface area contributed by atoms with Gasteiger partial charge < -0.3 is 21.3 Å². The van der Waals surface area contributed by atoms with Crippen LogP contribution in [0, 0.1) is 0 Å². The molecule has 13 heteroatoms. The van der Waals surface area contributed by atoms with Gasteiger partial charge in [-0.2, -0.15) is 0 Å². The Kier molecular flexibility index (Phi) is 6.72. The summed E-state index contributed by atoms with van der Waals surface area (Å²) in [6.07, 6.45) is 3.76. The summed E-state index contributed by atoms with van der Waals surface area (Å²) >= 11 is 1.16. The second-order valence-electron chi connectivity index (χ2n) is 8.61. The highest BCUT2D eigenvalue weighted by molar-refractivity contribution is 7.85. The Hall–Kier alpha value is -1.66. The number of carbonyl (C=O) groups excluding carboxylic acids is 1. The Bertz CT molecular complexity index is 1040. The Labute approximate surface area is 197 Å². The predicted octanol–water partition coefficient (Wildman–Crippen LogP) is 0.225. The number of benzene rings is 1. The third-order valence-electron chi connectivity index (χ3n) is 5.43. The second-order valence-corrected chi connectivity index (χ2v) is 10.9. The summed E-state index contributed by atoms with van der Waals surface area (Å²) in [5.74, 6) is 0. The monoisotopic (exact) mass is 468 g/mol. The van der Waals surface area contributed by atoms with Gasteiger partial charge in [-0.3, -0.25) is 0 Å². The molecule has 7 N–H and O–H groups in total. The zero-order valence-electron chi connectivity index (χ0n) is 17.8. The van der Waals surface area contributed by atoms with E-state index in [4.69, 9.17) is 34.4 Å². The van der Waals surface area contributed by atoms with Crippen molar-refractivity contribution in [2.24, 2.45) is 10.9 Å². The van der Waals surface area contributed by atoms with Crippen molar-refractivity contribution in [3.05, 3.63) is 39.5 Å². The molecule has 32 heavy (non-hydrogen) atoms. The van der Waals surface area contributed by atoms with Crippen LogP contribution >= 0.6 is 11.3 Å². The number of nitrogens with one attached hydrogen (secondary N) is 1. The zero-order valence-corrected chi connectivity index (χ0v) is 19.5. The molecule has 4 rings (SSSR count). The number of carbonyl (C=O) groups is 1. The number of primary amides is 1. The van der Waals surface area contributed by atoms with Gasteiger partial charge in [-0.25, -0.2) is 19.1 Å². The molecule has 2 unspecified atom stereocenters. The van der Waals surface area contributed by atoms with E-state index in [0.29, 0.717) is 45.3 Å². The summed E-state index contributed by atoms with van der Waals surface area (Å²) in [5.41, 5.74) is 6.14. The third kappa shape index (κ3) is 4.96. The van der Waals surface area contributed by atoms with Crippen LogP contribution in [0.2, 0.25) is 0 Å². The molecule has 6 radical (unpaired) electrons. The van der Waals surface area contributed by atoms with Crippen molar-refractivity contribution in [2.75, 3.05) is 5.32 Å². The number of rotatable bonds is 3. The van der Waals surface area contributed by atoms with Crippen LogP contribution in [0.5, 0.6) is 0 Å². The molecular weight excluding hydrogens is 445 g/mol. The maximum absolute atomic E-state index is 11.3. The molecule has 0 fully saturated rings. The number of aromatic nitrogens is 1. The standard InChI is InChI=1S/C13H13B3N2O2.C6H10N2O2S2/c14-12(15)3-1-6-5-7-2-4-13(16,20)9(7)10(8(6)12)18-11(17)19;1-6(2,9)5-8-3-4(11-5)12(7)10/h5,20H,1-4H2,(H3,17,18,19);3,9H,7H2,1-2H3. The summed E-state index contributed by atoms with van der Waals surface area (Å²) in [6.45, 7) is 3.24. The number of aliphatic hydroxyl groups is 2. The number of urea groups is 1. The van der Waals surface area contributed by atoms with Gasteiger partial charge in [-0.15, -0.1) is 11.3 Å². The number of amides is 2. The summed E-state index contributed by atoms with van der Waals surface area (Å²) in [7, 11) is 16.7. The van der Waals surface area contributed by atoms with Gasteiger partial charge in [-0.1, -0.05) is 17.7 Å². The molecule has 1 aromatic heterocycles. The smallest absolute Gasteiger partial charge is 0.316 e. The third-order valence-corrected chi connectivity index (χ3v) is 7.78. The van der Waals surface area contributed by atoms with Gasteiger partial charge in [0.05, 0.1) is 33.1 Å². The van der Waals surface area contributed by atoms with Crippen molar-refractivity contribution in [3.8, 4) is 0 Å². The molecule has 1 heterocycles. The fraction of sp³-hybridized carbons (Fsp3) is 0.474.